The van der Waals surface area contributed by atoms with Crippen LogP contribution in [0.1, 0.15) is 80.6 Å². The lowest BCUT2D eigenvalue weighted by Gasteiger charge is -2.21. The zero-order valence-corrected chi connectivity index (χ0v) is 12.8. The van der Waals surface area contributed by atoms with Crippen molar-refractivity contribution in [3.8, 4) is 0 Å². The molecule has 1 saturated carbocycles. The Hall–Kier alpha value is -0.260. The fourth-order valence-corrected chi connectivity index (χ4v) is 1.79. The first-order chi connectivity index (χ1) is 7.57. The first kappa shape index (κ1) is 18.1. The monoisotopic (exact) mass is 226 g/mol. The molecule has 0 heterocycles. The zero-order chi connectivity index (χ0) is 13.0. The third-order valence-electron chi connectivity index (χ3n) is 2.70. The van der Waals surface area contributed by atoms with Crippen LogP contribution in [0.5, 0.6) is 0 Å². The first-order valence-corrected chi connectivity index (χ1v) is 7.20. The van der Waals surface area contributed by atoms with Crippen molar-refractivity contribution in [3.63, 3.8) is 0 Å². The van der Waals surface area contributed by atoms with Gasteiger partial charge in [0.1, 0.15) is 0 Å². The van der Waals surface area contributed by atoms with Crippen LogP contribution in [0.3, 0.4) is 0 Å². The third-order valence-corrected chi connectivity index (χ3v) is 2.70. The standard InChI is InChI=1S/C10H18.C4H10.C2H6/c1-3-9(2)10-7-5-4-6-8-10;1-4(2)3;1-2/h3,10H,4-8H2,1-2H3;4H,1-3H3;1-2H3/b9-3+;;. The summed E-state index contributed by atoms with van der Waals surface area (Å²) in [6.45, 7) is 14.9. The molecule has 0 nitrogen and oxygen atoms in total. The van der Waals surface area contributed by atoms with E-state index in [0.29, 0.717) is 0 Å². The topological polar surface area (TPSA) is 0 Å². The van der Waals surface area contributed by atoms with E-state index in [0.717, 1.165) is 11.8 Å². The van der Waals surface area contributed by atoms with E-state index in [1.54, 1.807) is 5.57 Å². The average Bonchev–Trinajstić information content (AvgIpc) is 2.31. The molecule has 0 unspecified atom stereocenters. The summed E-state index contributed by atoms with van der Waals surface area (Å²) in [5.74, 6) is 1.76. The van der Waals surface area contributed by atoms with Crippen LogP contribution in [0, 0.1) is 11.8 Å². The summed E-state index contributed by atoms with van der Waals surface area (Å²) in [5, 5.41) is 0. The highest BCUT2D eigenvalue weighted by Crippen LogP contribution is 2.28. The maximum Gasteiger partial charge on any atom is -0.0206 e. The SMILES string of the molecule is C/C=C(\C)C1CCCCC1.CC.CC(C)C. The van der Waals surface area contributed by atoms with E-state index in [-0.39, 0.29) is 0 Å². The van der Waals surface area contributed by atoms with Crippen molar-refractivity contribution in [2.45, 2.75) is 80.6 Å². The van der Waals surface area contributed by atoms with E-state index in [1.165, 1.54) is 32.1 Å². The predicted molar refractivity (Wildman–Crippen MR) is 77.9 cm³/mol. The van der Waals surface area contributed by atoms with Crippen LogP contribution in [-0.4, -0.2) is 0 Å². The summed E-state index contributed by atoms with van der Waals surface area (Å²) in [7, 11) is 0. The number of rotatable bonds is 1. The van der Waals surface area contributed by atoms with Crippen molar-refractivity contribution in [2.75, 3.05) is 0 Å². The Kier molecular flexibility index (Phi) is 14.5. The van der Waals surface area contributed by atoms with Gasteiger partial charge in [0.2, 0.25) is 0 Å². The van der Waals surface area contributed by atoms with Crippen LogP contribution in [-0.2, 0) is 0 Å². The van der Waals surface area contributed by atoms with Gasteiger partial charge in [0.25, 0.3) is 0 Å². The summed E-state index contributed by atoms with van der Waals surface area (Å²) in [5.41, 5.74) is 1.61. The molecule has 0 N–H and O–H groups in total. The second-order valence-corrected chi connectivity index (χ2v) is 5.10. The van der Waals surface area contributed by atoms with Gasteiger partial charge in [-0.3, -0.25) is 0 Å². The highest BCUT2D eigenvalue weighted by molar-refractivity contribution is 5.02. The smallest absolute Gasteiger partial charge is 0.0206 e. The van der Waals surface area contributed by atoms with Crippen LogP contribution < -0.4 is 0 Å². The Morgan fingerprint density at radius 2 is 1.38 bits per heavy atom. The Balaban J connectivity index is 0. The first-order valence-electron chi connectivity index (χ1n) is 7.20. The molecule has 98 valence electrons. The van der Waals surface area contributed by atoms with Gasteiger partial charge in [-0.1, -0.05) is 65.5 Å². The van der Waals surface area contributed by atoms with Gasteiger partial charge in [-0.2, -0.15) is 0 Å². The van der Waals surface area contributed by atoms with Gasteiger partial charge in [0.15, 0.2) is 0 Å². The summed E-state index contributed by atoms with van der Waals surface area (Å²) >= 11 is 0. The molecule has 1 rings (SSSR count). The summed E-state index contributed by atoms with van der Waals surface area (Å²) < 4.78 is 0. The predicted octanol–water partition coefficient (Wildman–Crippen LogP) is 6.22. The molecule has 0 aromatic rings. The van der Waals surface area contributed by atoms with Crippen molar-refractivity contribution in [3.05, 3.63) is 11.6 Å². The van der Waals surface area contributed by atoms with Crippen LogP contribution in [0.2, 0.25) is 0 Å². The molecule has 0 aromatic carbocycles. The van der Waals surface area contributed by atoms with Crippen LogP contribution in [0.4, 0.5) is 0 Å². The summed E-state index contributed by atoms with van der Waals surface area (Å²) in [6.07, 6.45) is 9.53. The minimum atomic E-state index is 0.833. The second kappa shape index (κ2) is 12.8. The molecular weight excluding hydrogens is 192 g/mol. The zero-order valence-electron chi connectivity index (χ0n) is 12.8. The lowest BCUT2D eigenvalue weighted by atomic mass is 9.84. The largest absolute Gasteiger partial charge is 0.0885 e. The fourth-order valence-electron chi connectivity index (χ4n) is 1.79. The maximum atomic E-state index is 2.27. The van der Waals surface area contributed by atoms with Gasteiger partial charge in [-0.15, -0.1) is 0 Å². The highest BCUT2D eigenvalue weighted by Gasteiger charge is 2.13. The van der Waals surface area contributed by atoms with E-state index >= 15 is 0 Å². The quantitative estimate of drug-likeness (QED) is 0.465. The Bertz CT molecular complexity index is 145. The highest BCUT2D eigenvalue weighted by atomic mass is 14.2. The Labute approximate surface area is 105 Å². The molecule has 0 spiro atoms. The molecule has 0 amide bonds. The normalized spacial score (nSPS) is 17.1. The van der Waals surface area contributed by atoms with E-state index in [2.05, 4.69) is 40.7 Å². The van der Waals surface area contributed by atoms with Crippen LogP contribution in [0.15, 0.2) is 11.6 Å². The van der Waals surface area contributed by atoms with Crippen molar-refractivity contribution in [1.29, 1.82) is 0 Å². The minimum absolute atomic E-state index is 0.833. The van der Waals surface area contributed by atoms with Gasteiger partial charge in [0.05, 0.1) is 0 Å². The lowest BCUT2D eigenvalue weighted by molar-refractivity contribution is 0.402. The van der Waals surface area contributed by atoms with Crippen molar-refractivity contribution >= 4 is 0 Å². The summed E-state index contributed by atoms with van der Waals surface area (Å²) in [4.78, 5) is 0. The summed E-state index contributed by atoms with van der Waals surface area (Å²) in [6, 6.07) is 0. The molecule has 0 saturated heterocycles. The average molecular weight is 226 g/mol. The number of allylic oxidation sites excluding steroid dienone is 2. The van der Waals surface area contributed by atoms with Gasteiger partial charge < -0.3 is 0 Å². The number of hydrogen-bond donors (Lipinski definition) is 0. The molecule has 0 aromatic heterocycles. The molecule has 16 heavy (non-hydrogen) atoms. The Morgan fingerprint density at radius 1 is 1.00 bits per heavy atom. The van der Waals surface area contributed by atoms with Gasteiger partial charge in [-0.05, 0) is 38.5 Å². The molecule has 0 atom stereocenters. The molecule has 0 heteroatoms. The molecule has 0 aliphatic heterocycles. The molecule has 1 aliphatic rings. The van der Waals surface area contributed by atoms with Crippen molar-refractivity contribution < 1.29 is 0 Å². The van der Waals surface area contributed by atoms with Crippen molar-refractivity contribution in [2.24, 2.45) is 11.8 Å². The molecule has 0 radical (unpaired) electrons. The van der Waals surface area contributed by atoms with E-state index in [4.69, 9.17) is 0 Å². The maximum absolute atomic E-state index is 2.27. The van der Waals surface area contributed by atoms with E-state index < -0.39 is 0 Å². The molecular formula is C16H34. The molecule has 1 fully saturated rings. The van der Waals surface area contributed by atoms with Gasteiger partial charge in [-0.25, -0.2) is 0 Å². The number of hydrogen-bond acceptors (Lipinski definition) is 0. The van der Waals surface area contributed by atoms with Crippen molar-refractivity contribution in [1.82, 2.24) is 0 Å². The molecule has 1 aliphatic carbocycles. The van der Waals surface area contributed by atoms with Crippen LogP contribution >= 0.6 is 0 Å². The van der Waals surface area contributed by atoms with E-state index in [9.17, 15) is 0 Å². The fraction of sp³-hybridized carbons (Fsp3) is 0.875. The lowest BCUT2D eigenvalue weighted by Crippen LogP contribution is -2.06. The third kappa shape index (κ3) is 11.8. The van der Waals surface area contributed by atoms with Gasteiger partial charge >= 0.3 is 0 Å². The van der Waals surface area contributed by atoms with Crippen LogP contribution in [0.25, 0.3) is 0 Å². The Morgan fingerprint density at radius 3 is 1.69 bits per heavy atom. The van der Waals surface area contributed by atoms with E-state index in [1.807, 2.05) is 13.8 Å². The van der Waals surface area contributed by atoms with Gasteiger partial charge in [0, 0.05) is 0 Å². The minimum Gasteiger partial charge on any atom is -0.0885 e. The molecule has 0 bridgehead atoms. The second-order valence-electron chi connectivity index (χ2n) is 5.10.